The summed E-state index contributed by atoms with van der Waals surface area (Å²) in [5.74, 6) is -0.878. The molecule has 1 amide bonds. The second-order valence-electron chi connectivity index (χ2n) is 7.07. The van der Waals surface area contributed by atoms with Crippen LogP contribution in [0.15, 0.2) is 60.7 Å². The summed E-state index contributed by atoms with van der Waals surface area (Å²) in [5, 5.41) is 11.9. The molecule has 27 heavy (non-hydrogen) atoms. The molecule has 0 aliphatic carbocycles. The van der Waals surface area contributed by atoms with Gasteiger partial charge in [0.1, 0.15) is 11.6 Å². The number of amides is 1. The molecule has 0 aromatic heterocycles. The Kier molecular flexibility index (Phi) is 7.30. The van der Waals surface area contributed by atoms with Crippen molar-refractivity contribution in [2.45, 2.75) is 37.7 Å². The van der Waals surface area contributed by atoms with Gasteiger partial charge in [-0.05, 0) is 31.9 Å². The number of thioether (sulfide) groups is 1. The van der Waals surface area contributed by atoms with Gasteiger partial charge in [-0.2, -0.15) is 0 Å². The van der Waals surface area contributed by atoms with Crippen molar-refractivity contribution in [2.24, 2.45) is 0 Å². The van der Waals surface area contributed by atoms with Crippen LogP contribution in [0.5, 0.6) is 0 Å². The van der Waals surface area contributed by atoms with E-state index in [4.69, 9.17) is 4.74 Å². The lowest BCUT2D eigenvalue weighted by atomic mass is 10.0. The molecule has 0 bridgehead atoms. The van der Waals surface area contributed by atoms with E-state index in [9.17, 15) is 14.7 Å². The molecular weight excluding hydrogens is 362 g/mol. The van der Waals surface area contributed by atoms with Gasteiger partial charge in [0, 0.05) is 5.75 Å². The first kappa shape index (κ1) is 20.8. The minimum Gasteiger partial charge on any atom is -0.480 e. The maximum absolute atomic E-state index is 12.0. The van der Waals surface area contributed by atoms with E-state index in [1.54, 1.807) is 20.8 Å². The molecule has 1 atom stereocenters. The number of aliphatic carboxylic acids is 1. The van der Waals surface area contributed by atoms with Crippen LogP contribution in [0.4, 0.5) is 4.79 Å². The average molecular weight is 388 g/mol. The molecule has 2 aromatic carbocycles. The van der Waals surface area contributed by atoms with E-state index in [2.05, 4.69) is 5.32 Å². The van der Waals surface area contributed by atoms with Crippen LogP contribution in [0.3, 0.4) is 0 Å². The topological polar surface area (TPSA) is 75.6 Å². The highest BCUT2D eigenvalue weighted by molar-refractivity contribution is 7.99. The summed E-state index contributed by atoms with van der Waals surface area (Å²) in [6.07, 6.45) is -0.730. The first-order chi connectivity index (χ1) is 12.8. The predicted molar refractivity (Wildman–Crippen MR) is 108 cm³/mol. The summed E-state index contributed by atoms with van der Waals surface area (Å²) < 4.78 is 5.17. The van der Waals surface area contributed by atoms with Crippen molar-refractivity contribution in [3.8, 4) is 0 Å². The summed E-state index contributed by atoms with van der Waals surface area (Å²) in [7, 11) is 0. The molecule has 0 aliphatic heterocycles. The van der Waals surface area contributed by atoms with E-state index in [0.717, 1.165) is 11.1 Å². The maximum Gasteiger partial charge on any atom is 0.408 e. The van der Waals surface area contributed by atoms with E-state index >= 15 is 0 Å². The summed E-state index contributed by atoms with van der Waals surface area (Å²) >= 11 is 1.47. The van der Waals surface area contributed by atoms with Crippen LogP contribution in [0.2, 0.25) is 0 Å². The first-order valence-corrected chi connectivity index (χ1v) is 9.75. The van der Waals surface area contributed by atoms with Gasteiger partial charge in [-0.3, -0.25) is 0 Å². The Morgan fingerprint density at radius 1 is 1.00 bits per heavy atom. The van der Waals surface area contributed by atoms with Crippen LogP contribution in [0.1, 0.15) is 37.1 Å². The van der Waals surface area contributed by atoms with Crippen LogP contribution in [0, 0.1) is 0 Å². The average Bonchev–Trinajstić information content (AvgIpc) is 2.61. The molecule has 2 rings (SSSR count). The SMILES string of the molecule is CC(C)(C)OC(=O)NC(CSC(c1ccccc1)c1ccccc1)C(=O)O. The number of hydrogen-bond donors (Lipinski definition) is 2. The number of benzene rings is 2. The molecule has 0 fully saturated rings. The minimum absolute atomic E-state index is 0.0327. The second kappa shape index (κ2) is 9.46. The van der Waals surface area contributed by atoms with Gasteiger partial charge < -0.3 is 15.2 Å². The number of rotatable bonds is 7. The normalized spacial score (nSPS) is 12.4. The number of carboxylic acid groups (broad SMARTS) is 1. The molecule has 0 heterocycles. The number of alkyl carbamates (subject to hydrolysis) is 1. The van der Waals surface area contributed by atoms with Gasteiger partial charge in [0.2, 0.25) is 0 Å². The number of nitrogens with one attached hydrogen (secondary N) is 1. The van der Waals surface area contributed by atoms with Gasteiger partial charge in [0.25, 0.3) is 0 Å². The minimum atomic E-state index is -1.09. The Bertz CT molecular complexity index is 704. The van der Waals surface area contributed by atoms with Crippen molar-refractivity contribution in [3.63, 3.8) is 0 Å². The third-order valence-electron chi connectivity index (χ3n) is 3.62. The van der Waals surface area contributed by atoms with Crippen LogP contribution in [-0.4, -0.2) is 34.6 Å². The van der Waals surface area contributed by atoms with Gasteiger partial charge in [-0.25, -0.2) is 9.59 Å². The fraction of sp³-hybridized carbons (Fsp3) is 0.333. The molecule has 0 radical (unpaired) electrons. The van der Waals surface area contributed by atoms with Gasteiger partial charge in [-0.15, -0.1) is 11.8 Å². The fourth-order valence-electron chi connectivity index (χ4n) is 2.46. The summed E-state index contributed by atoms with van der Waals surface area (Å²) in [4.78, 5) is 23.6. The number of carbonyl (C=O) groups is 2. The number of ether oxygens (including phenoxy) is 1. The van der Waals surface area contributed by atoms with Crippen molar-refractivity contribution >= 4 is 23.8 Å². The van der Waals surface area contributed by atoms with Crippen molar-refractivity contribution in [1.82, 2.24) is 5.32 Å². The van der Waals surface area contributed by atoms with Gasteiger partial charge in [0.05, 0.1) is 5.25 Å². The van der Waals surface area contributed by atoms with Crippen LogP contribution in [0.25, 0.3) is 0 Å². The van der Waals surface area contributed by atoms with Crippen molar-refractivity contribution in [1.29, 1.82) is 0 Å². The molecule has 1 unspecified atom stereocenters. The molecule has 0 saturated carbocycles. The largest absolute Gasteiger partial charge is 0.480 e. The van der Waals surface area contributed by atoms with E-state index < -0.39 is 23.7 Å². The zero-order valence-electron chi connectivity index (χ0n) is 15.7. The van der Waals surface area contributed by atoms with Crippen LogP contribution in [-0.2, 0) is 9.53 Å². The quantitative estimate of drug-likeness (QED) is 0.732. The van der Waals surface area contributed by atoms with Crippen molar-refractivity contribution in [2.75, 3.05) is 5.75 Å². The molecule has 2 N–H and O–H groups in total. The highest BCUT2D eigenvalue weighted by Crippen LogP contribution is 2.35. The highest BCUT2D eigenvalue weighted by atomic mass is 32.2. The van der Waals surface area contributed by atoms with E-state index in [-0.39, 0.29) is 11.0 Å². The lowest BCUT2D eigenvalue weighted by Gasteiger charge is -2.23. The summed E-state index contributed by atoms with van der Waals surface area (Å²) in [5.41, 5.74) is 1.47. The zero-order valence-corrected chi connectivity index (χ0v) is 16.5. The summed E-state index contributed by atoms with van der Waals surface area (Å²) in [6.45, 7) is 5.20. The molecule has 0 saturated heterocycles. The van der Waals surface area contributed by atoms with Gasteiger partial charge in [0.15, 0.2) is 0 Å². The van der Waals surface area contributed by atoms with Crippen LogP contribution < -0.4 is 5.32 Å². The molecular formula is C21H25NO4S. The molecule has 2 aromatic rings. The Morgan fingerprint density at radius 2 is 1.48 bits per heavy atom. The molecule has 144 valence electrons. The lowest BCUT2D eigenvalue weighted by Crippen LogP contribution is -2.45. The molecule has 0 aliphatic rings. The zero-order chi connectivity index (χ0) is 19.9. The second-order valence-corrected chi connectivity index (χ2v) is 8.21. The maximum atomic E-state index is 12.0. The predicted octanol–water partition coefficient (Wildman–Crippen LogP) is 4.49. The molecule has 6 heteroatoms. The Balaban J connectivity index is 2.12. The van der Waals surface area contributed by atoms with Crippen molar-refractivity contribution < 1.29 is 19.4 Å². The van der Waals surface area contributed by atoms with E-state index in [1.165, 1.54) is 11.8 Å². The van der Waals surface area contributed by atoms with Gasteiger partial charge in [-0.1, -0.05) is 60.7 Å². The molecule has 0 spiro atoms. The monoisotopic (exact) mass is 387 g/mol. The van der Waals surface area contributed by atoms with E-state index in [0.29, 0.717) is 0 Å². The third-order valence-corrected chi connectivity index (χ3v) is 5.03. The van der Waals surface area contributed by atoms with Crippen LogP contribution >= 0.6 is 11.8 Å². The van der Waals surface area contributed by atoms with Gasteiger partial charge >= 0.3 is 12.1 Å². The number of hydrogen-bond acceptors (Lipinski definition) is 4. The Hall–Kier alpha value is -2.47. The highest BCUT2D eigenvalue weighted by Gasteiger charge is 2.26. The number of carboxylic acids is 1. The van der Waals surface area contributed by atoms with E-state index in [1.807, 2.05) is 60.7 Å². The first-order valence-electron chi connectivity index (χ1n) is 8.70. The Labute approximate surface area is 164 Å². The third kappa shape index (κ3) is 6.98. The summed E-state index contributed by atoms with van der Waals surface area (Å²) in [6, 6.07) is 18.7. The number of carbonyl (C=O) groups excluding carboxylic acids is 1. The van der Waals surface area contributed by atoms with Crippen molar-refractivity contribution in [3.05, 3.63) is 71.8 Å². The fourth-order valence-corrected chi connectivity index (χ4v) is 3.77. The smallest absolute Gasteiger partial charge is 0.408 e. The Morgan fingerprint density at radius 3 is 1.89 bits per heavy atom. The standard InChI is InChI=1S/C21H25NO4S/c1-21(2,3)26-20(25)22-17(19(23)24)14-27-18(15-10-6-4-7-11-15)16-12-8-5-9-13-16/h4-13,17-18H,14H2,1-3H3,(H,22,25)(H,23,24). The lowest BCUT2D eigenvalue weighted by molar-refractivity contribution is -0.138. The molecule has 5 nitrogen and oxygen atoms in total.